The van der Waals surface area contributed by atoms with Crippen LogP contribution in [0.5, 0.6) is 0 Å². The van der Waals surface area contributed by atoms with Crippen LogP contribution in [0.2, 0.25) is 0 Å². The van der Waals surface area contributed by atoms with Crippen molar-refractivity contribution in [3.05, 3.63) is 7.05 Å². The van der Waals surface area contributed by atoms with Crippen LogP contribution < -0.4 is 4.72 Å². The van der Waals surface area contributed by atoms with E-state index in [1.165, 1.54) is 0 Å². The molecule has 0 bridgehead atoms. The van der Waals surface area contributed by atoms with Gasteiger partial charge in [0, 0.05) is 0 Å². The van der Waals surface area contributed by atoms with Crippen molar-refractivity contribution in [2.75, 3.05) is 0 Å². The first kappa shape index (κ1) is 9.45. The van der Waals surface area contributed by atoms with Gasteiger partial charge < -0.3 is 4.72 Å². The molecule has 0 aliphatic carbocycles. The maximum atomic E-state index is 4.02. The van der Waals surface area contributed by atoms with E-state index in [0.29, 0.717) is 0 Å². The molecule has 0 unspecified atom stereocenters. The second-order valence-corrected chi connectivity index (χ2v) is 0.474. The average Bonchev–Trinajstić information content (AvgIpc) is 1.46. The molecule has 0 aromatic rings. The van der Waals surface area contributed by atoms with E-state index >= 15 is 0 Å². The van der Waals surface area contributed by atoms with Gasteiger partial charge in [0.25, 0.3) is 0 Å². The summed E-state index contributed by atoms with van der Waals surface area (Å²) in [6, 6.07) is 0. The zero-order valence-electron chi connectivity index (χ0n) is 2.51. The van der Waals surface area contributed by atoms with Gasteiger partial charge in [-0.05, 0) is 0 Å². The van der Waals surface area contributed by atoms with Gasteiger partial charge in [-0.15, -0.1) is 12.8 Å². The van der Waals surface area contributed by atoms with E-state index in [0.717, 1.165) is 0 Å². The van der Waals surface area contributed by atoms with Crippen molar-refractivity contribution >= 4 is 23.1 Å². The van der Waals surface area contributed by atoms with Crippen molar-refractivity contribution in [1.29, 1.82) is 0 Å². The van der Waals surface area contributed by atoms with E-state index in [1.807, 2.05) is 15.7 Å². The number of hydrogen-bond donors (Lipinski definition) is 2. The molecule has 1 N–H and O–H groups in total. The van der Waals surface area contributed by atoms with Crippen LogP contribution in [0.1, 0.15) is 0 Å². The van der Waals surface area contributed by atoms with Crippen LogP contribution in [0, 0.1) is 7.05 Å². The summed E-state index contributed by atoms with van der Waals surface area (Å²) < 4.78 is 2.19. The molecule has 5 heavy (non-hydrogen) atoms. The second kappa shape index (κ2) is 19.4. The minimum absolute atomic E-state index is 1.90. The van der Waals surface area contributed by atoms with Crippen LogP contribution in [0.25, 0.3) is 0 Å². The van der Waals surface area contributed by atoms with Crippen LogP contribution in [0.3, 0.4) is 0 Å². The van der Waals surface area contributed by atoms with Gasteiger partial charge in [-0.2, -0.15) is 0 Å². The first-order valence-corrected chi connectivity index (χ1v) is 3.28. The second-order valence-electron chi connectivity index (χ2n) is 0.158. The van der Waals surface area contributed by atoms with E-state index < -0.39 is 0 Å². The Morgan fingerprint density at radius 2 is 1.80 bits per heavy atom. The molecule has 0 saturated heterocycles. The van der Waals surface area contributed by atoms with Gasteiger partial charge >= 0.3 is 26.0 Å². The molecule has 0 aliphatic heterocycles. The van der Waals surface area contributed by atoms with Crippen LogP contribution in [-0.4, -0.2) is 0 Å². The standard InChI is InChI=1S/CH4NS.S.V/c1-2-3;;/h2-3H,1H2;;/q-1;;. The summed E-state index contributed by atoms with van der Waals surface area (Å²) >= 11 is 5.32. The first-order valence-electron chi connectivity index (χ1n) is 0.760. The van der Waals surface area contributed by atoms with Crippen molar-refractivity contribution in [2.24, 2.45) is 0 Å². The summed E-state index contributed by atoms with van der Waals surface area (Å²) in [5.74, 6) is 0. The zero-order valence-corrected chi connectivity index (χ0v) is 5.62. The number of nitrogens with one attached hydrogen (secondary N) is 1. The summed E-state index contributed by atoms with van der Waals surface area (Å²) in [5.41, 5.74) is 0. The molecule has 1 nitrogen and oxygen atoms in total. The van der Waals surface area contributed by atoms with Gasteiger partial charge in [0.05, 0.1) is 0 Å². The molecule has 0 aliphatic rings. The summed E-state index contributed by atoms with van der Waals surface area (Å²) in [5, 5.41) is 0. The summed E-state index contributed by atoms with van der Waals surface area (Å²) in [7, 11) is 7.12. The van der Waals surface area contributed by atoms with E-state index in [-0.39, 0.29) is 0 Å². The molecule has 31 valence electrons. The maximum absolute atomic E-state index is 4.02. The fraction of sp³-hybridized carbons (Fsp3) is 0. The van der Waals surface area contributed by atoms with Gasteiger partial charge in [0.1, 0.15) is 0 Å². The van der Waals surface area contributed by atoms with Crippen molar-refractivity contribution in [3.8, 4) is 0 Å². The first-order chi connectivity index (χ1) is 2.41. The minimum atomic E-state index is 1.90. The van der Waals surface area contributed by atoms with E-state index in [9.17, 15) is 0 Å². The van der Waals surface area contributed by atoms with E-state index in [2.05, 4.69) is 34.9 Å². The predicted molar refractivity (Wildman–Crippen MR) is 25.1 cm³/mol. The Kier molecular flexibility index (Phi) is 36.6. The fourth-order valence-corrected chi connectivity index (χ4v) is 0. The van der Waals surface area contributed by atoms with Crippen molar-refractivity contribution in [2.45, 2.75) is 0 Å². The Morgan fingerprint density at radius 1 is 1.80 bits per heavy atom. The molecule has 0 saturated carbocycles. The molecule has 0 spiro atoms. The third kappa shape index (κ3) is 39.9. The van der Waals surface area contributed by atoms with Gasteiger partial charge in [0.2, 0.25) is 0 Å². The molecular formula is CH4NS2V-. The topological polar surface area (TPSA) is 12.0 Å². The van der Waals surface area contributed by atoms with Gasteiger partial charge in [-0.1, -0.05) is 0 Å². The van der Waals surface area contributed by atoms with Crippen LogP contribution >= 0.6 is 23.1 Å². The van der Waals surface area contributed by atoms with Crippen molar-refractivity contribution < 1.29 is 15.7 Å². The summed E-state index contributed by atoms with van der Waals surface area (Å²) in [6.07, 6.45) is 0. The molecule has 4 heteroatoms. The number of hydrogen-bond acceptors (Lipinski definition) is 3. The Balaban J connectivity index is 0. The Bertz CT molecular complexity index is 13.6. The number of thiol groups is 1. The molecule has 0 amide bonds. The molecule has 0 heterocycles. The quantitative estimate of drug-likeness (QED) is 0.387. The van der Waals surface area contributed by atoms with Gasteiger partial charge in [-0.25, -0.2) is 0 Å². The molecule has 0 aromatic carbocycles. The van der Waals surface area contributed by atoms with Crippen molar-refractivity contribution in [3.63, 3.8) is 0 Å². The Labute approximate surface area is 50.7 Å². The molecule has 0 rings (SSSR count). The SMILES string of the molecule is [CH2-]NS.[S]=[V]. The van der Waals surface area contributed by atoms with E-state index in [1.54, 1.807) is 0 Å². The Hall–Kier alpha value is 1.11. The third-order valence-electron chi connectivity index (χ3n) is 0. The van der Waals surface area contributed by atoms with Gasteiger partial charge in [-0.3, -0.25) is 7.05 Å². The van der Waals surface area contributed by atoms with E-state index in [4.69, 9.17) is 0 Å². The fourth-order valence-electron chi connectivity index (χ4n) is 0. The third-order valence-corrected chi connectivity index (χ3v) is 0. The van der Waals surface area contributed by atoms with Gasteiger partial charge in [0.15, 0.2) is 0 Å². The molecule has 0 atom stereocenters. The van der Waals surface area contributed by atoms with Crippen LogP contribution in [0.15, 0.2) is 0 Å². The predicted octanol–water partition coefficient (Wildman–Crippen LogP) is 0.858. The normalized spacial score (nSPS) is 4.20. The monoisotopic (exact) mass is 145 g/mol. The Morgan fingerprint density at radius 3 is 1.80 bits per heavy atom. The molecular weight excluding hydrogens is 141 g/mol. The summed E-state index contributed by atoms with van der Waals surface area (Å²) in [4.78, 5) is 0. The zero-order chi connectivity index (χ0) is 4.71. The van der Waals surface area contributed by atoms with Crippen LogP contribution in [0.4, 0.5) is 0 Å². The average molecular weight is 145 g/mol. The molecule has 0 fully saturated rings. The van der Waals surface area contributed by atoms with Crippen LogP contribution in [-0.2, 0) is 15.7 Å². The molecule has 0 aromatic heterocycles. The molecule has 0 radical (unpaired) electrons. The number of rotatable bonds is 0. The van der Waals surface area contributed by atoms with Crippen molar-refractivity contribution in [1.82, 2.24) is 4.72 Å². The summed E-state index contributed by atoms with van der Waals surface area (Å²) in [6.45, 7) is 0.